The van der Waals surface area contributed by atoms with Crippen LogP contribution in [0, 0.1) is 0 Å². The van der Waals surface area contributed by atoms with Crippen LogP contribution < -0.4 is 0 Å². The van der Waals surface area contributed by atoms with Crippen molar-refractivity contribution >= 4 is 43.5 Å². The summed E-state index contributed by atoms with van der Waals surface area (Å²) >= 11 is 6.81. The van der Waals surface area contributed by atoms with Gasteiger partial charge in [0.2, 0.25) is 0 Å². The highest BCUT2D eigenvalue weighted by Gasteiger charge is 2.30. The molecule has 0 nitrogen and oxygen atoms in total. The van der Waals surface area contributed by atoms with Gasteiger partial charge in [-0.2, -0.15) is 13.2 Å². The summed E-state index contributed by atoms with van der Waals surface area (Å²) in [6.45, 7) is 0. The molecule has 26 heavy (non-hydrogen) atoms. The van der Waals surface area contributed by atoms with E-state index in [-0.39, 0.29) is 0 Å². The molecule has 0 fully saturated rings. The van der Waals surface area contributed by atoms with E-state index in [4.69, 9.17) is 0 Å². The third kappa shape index (κ3) is 4.65. The zero-order chi connectivity index (χ0) is 18.7. The second-order valence-electron chi connectivity index (χ2n) is 5.69. The first-order valence-corrected chi connectivity index (χ1v) is 9.32. The van der Waals surface area contributed by atoms with E-state index < -0.39 is 11.7 Å². The lowest BCUT2D eigenvalue weighted by atomic mass is 9.95. The molecule has 132 valence electrons. The van der Waals surface area contributed by atoms with E-state index in [9.17, 15) is 13.2 Å². The highest BCUT2D eigenvalue weighted by atomic mass is 79.9. The number of rotatable bonds is 3. The summed E-state index contributed by atoms with van der Waals surface area (Å²) in [6, 6.07) is 20.7. The van der Waals surface area contributed by atoms with Gasteiger partial charge in [-0.3, -0.25) is 0 Å². The largest absolute Gasteiger partial charge is 0.416 e. The minimum atomic E-state index is -4.34. The summed E-state index contributed by atoms with van der Waals surface area (Å²) in [5, 5.41) is 0. The first kappa shape index (κ1) is 18.9. The lowest BCUT2D eigenvalue weighted by molar-refractivity contribution is -0.137. The van der Waals surface area contributed by atoms with Crippen molar-refractivity contribution in [1.29, 1.82) is 0 Å². The third-order valence-electron chi connectivity index (χ3n) is 3.86. The molecule has 0 bridgehead atoms. The van der Waals surface area contributed by atoms with Crippen LogP contribution in [0.15, 0.2) is 81.7 Å². The molecule has 5 heteroatoms. The Balaban J connectivity index is 2.08. The maximum Gasteiger partial charge on any atom is 0.416 e. The second-order valence-corrected chi connectivity index (χ2v) is 7.52. The van der Waals surface area contributed by atoms with Crippen molar-refractivity contribution in [1.82, 2.24) is 0 Å². The highest BCUT2D eigenvalue weighted by molar-refractivity contribution is 9.10. The zero-order valence-electron chi connectivity index (χ0n) is 13.4. The van der Waals surface area contributed by atoms with Crippen molar-refractivity contribution in [3.8, 4) is 0 Å². The van der Waals surface area contributed by atoms with Crippen LogP contribution in [0.25, 0.3) is 11.6 Å². The van der Waals surface area contributed by atoms with E-state index in [1.165, 1.54) is 12.1 Å². The highest BCUT2D eigenvalue weighted by Crippen LogP contribution is 2.32. The Hall–Kier alpha value is -1.85. The van der Waals surface area contributed by atoms with Crippen LogP contribution in [-0.4, -0.2) is 0 Å². The van der Waals surface area contributed by atoms with Gasteiger partial charge in [-0.05, 0) is 64.7 Å². The molecular weight excluding hydrogens is 469 g/mol. The van der Waals surface area contributed by atoms with Gasteiger partial charge >= 0.3 is 6.18 Å². The molecule has 0 aliphatic rings. The number of alkyl halides is 3. The summed E-state index contributed by atoms with van der Waals surface area (Å²) in [4.78, 5) is 0. The summed E-state index contributed by atoms with van der Waals surface area (Å²) in [7, 11) is 0. The van der Waals surface area contributed by atoms with Gasteiger partial charge < -0.3 is 0 Å². The van der Waals surface area contributed by atoms with Crippen molar-refractivity contribution in [2.24, 2.45) is 0 Å². The Morgan fingerprint density at radius 1 is 0.654 bits per heavy atom. The van der Waals surface area contributed by atoms with Gasteiger partial charge in [-0.25, -0.2) is 0 Å². The van der Waals surface area contributed by atoms with Gasteiger partial charge in [-0.15, -0.1) is 0 Å². The molecule has 0 saturated carbocycles. The minimum absolute atomic E-state index is 0.653. The smallest absolute Gasteiger partial charge is 0.166 e. The van der Waals surface area contributed by atoms with Crippen molar-refractivity contribution in [2.75, 3.05) is 0 Å². The van der Waals surface area contributed by atoms with Gasteiger partial charge in [0.15, 0.2) is 0 Å². The first-order chi connectivity index (χ1) is 12.3. The fourth-order valence-corrected chi connectivity index (χ4v) is 3.06. The van der Waals surface area contributed by atoms with E-state index >= 15 is 0 Å². The fourth-order valence-electron chi connectivity index (χ4n) is 2.53. The number of hydrogen-bond donors (Lipinski definition) is 0. The molecule has 0 atom stereocenters. The topological polar surface area (TPSA) is 0 Å². The van der Waals surface area contributed by atoms with Crippen molar-refractivity contribution in [2.45, 2.75) is 6.18 Å². The number of benzene rings is 3. The van der Waals surface area contributed by atoms with Gasteiger partial charge in [0, 0.05) is 8.95 Å². The summed E-state index contributed by atoms with van der Waals surface area (Å²) < 4.78 is 40.5. The lowest BCUT2D eigenvalue weighted by Gasteiger charge is -2.12. The molecule has 0 aromatic heterocycles. The molecule has 0 spiro atoms. The van der Waals surface area contributed by atoms with Crippen molar-refractivity contribution in [3.05, 3.63) is 104 Å². The first-order valence-electron chi connectivity index (χ1n) is 7.74. The van der Waals surface area contributed by atoms with Crippen molar-refractivity contribution in [3.63, 3.8) is 0 Å². The van der Waals surface area contributed by atoms with Crippen LogP contribution >= 0.6 is 31.9 Å². The van der Waals surface area contributed by atoms with E-state index in [1.807, 2.05) is 54.6 Å². The SMILES string of the molecule is FC(F)(F)c1ccc(/C(=C\c2ccc(Br)cc2)c2ccc(Br)cc2)cc1. The average Bonchev–Trinajstić information content (AvgIpc) is 2.62. The number of halogens is 5. The molecule has 0 unspecified atom stereocenters. The van der Waals surface area contributed by atoms with Crippen LogP contribution in [-0.2, 0) is 6.18 Å². The minimum Gasteiger partial charge on any atom is -0.166 e. The van der Waals surface area contributed by atoms with Gasteiger partial charge in [-0.1, -0.05) is 68.3 Å². The van der Waals surface area contributed by atoms with Crippen LogP contribution in [0.2, 0.25) is 0 Å². The van der Waals surface area contributed by atoms with E-state index in [2.05, 4.69) is 31.9 Å². The predicted molar refractivity (Wildman–Crippen MR) is 107 cm³/mol. The molecule has 0 radical (unpaired) electrons. The maximum absolute atomic E-state index is 12.8. The number of hydrogen-bond acceptors (Lipinski definition) is 0. The van der Waals surface area contributed by atoms with Gasteiger partial charge in [0.1, 0.15) is 0 Å². The van der Waals surface area contributed by atoms with Crippen LogP contribution in [0.4, 0.5) is 13.2 Å². The predicted octanol–water partition coefficient (Wildman–Crippen LogP) is 7.82. The summed E-state index contributed by atoms with van der Waals surface area (Å²) in [5.41, 5.74) is 2.82. The maximum atomic E-state index is 12.8. The normalized spacial score (nSPS) is 12.3. The Kier molecular flexibility index (Phi) is 5.68. The Morgan fingerprint density at radius 2 is 1.08 bits per heavy atom. The molecule has 0 N–H and O–H groups in total. The summed E-state index contributed by atoms with van der Waals surface area (Å²) in [5.74, 6) is 0. The third-order valence-corrected chi connectivity index (χ3v) is 4.92. The van der Waals surface area contributed by atoms with Crippen LogP contribution in [0.1, 0.15) is 22.3 Å². The second kappa shape index (κ2) is 7.80. The summed E-state index contributed by atoms with van der Waals surface area (Å²) in [6.07, 6.45) is -2.37. The standard InChI is InChI=1S/C21H13Br2F3/c22-18-9-1-14(2-10-18)13-20(16-5-11-19(23)12-6-16)15-3-7-17(8-4-15)21(24,25)26/h1-13H/b20-13+. The monoisotopic (exact) mass is 480 g/mol. The quantitative estimate of drug-likeness (QED) is 0.334. The Morgan fingerprint density at radius 3 is 1.54 bits per heavy atom. The molecule has 3 aromatic carbocycles. The van der Waals surface area contributed by atoms with Gasteiger partial charge in [0.25, 0.3) is 0 Å². The molecular formula is C21H13Br2F3. The van der Waals surface area contributed by atoms with E-state index in [0.717, 1.165) is 43.3 Å². The van der Waals surface area contributed by atoms with Gasteiger partial charge in [0.05, 0.1) is 5.56 Å². The average molecular weight is 482 g/mol. The molecule has 3 rings (SSSR count). The van der Waals surface area contributed by atoms with Crippen LogP contribution in [0.5, 0.6) is 0 Å². The molecule has 0 aliphatic carbocycles. The molecule has 0 heterocycles. The molecule has 0 aliphatic heterocycles. The Bertz CT molecular complexity index is 907. The van der Waals surface area contributed by atoms with Crippen LogP contribution in [0.3, 0.4) is 0 Å². The van der Waals surface area contributed by atoms with E-state index in [1.54, 1.807) is 0 Å². The van der Waals surface area contributed by atoms with Crippen molar-refractivity contribution < 1.29 is 13.2 Å². The Labute approximate surface area is 166 Å². The molecule has 3 aromatic rings. The zero-order valence-corrected chi connectivity index (χ0v) is 16.6. The lowest BCUT2D eigenvalue weighted by Crippen LogP contribution is -2.04. The fraction of sp³-hybridized carbons (Fsp3) is 0.0476. The van der Waals surface area contributed by atoms with E-state index in [0.29, 0.717) is 0 Å². The molecule has 0 amide bonds. The molecule has 0 saturated heterocycles.